The molecule has 5 nitrogen and oxygen atoms in total. The Balaban J connectivity index is 1.67. The summed E-state index contributed by atoms with van der Waals surface area (Å²) < 4.78 is 13.7. The van der Waals surface area contributed by atoms with Gasteiger partial charge in [0.25, 0.3) is 5.91 Å². The fourth-order valence-electron chi connectivity index (χ4n) is 2.77. The number of amides is 1. The Morgan fingerprint density at radius 2 is 1.68 bits per heavy atom. The second-order valence-corrected chi connectivity index (χ2v) is 6.75. The van der Waals surface area contributed by atoms with Gasteiger partial charge < -0.3 is 10.2 Å². The third-order valence-corrected chi connectivity index (χ3v) is 4.37. The van der Waals surface area contributed by atoms with Gasteiger partial charge in [0.1, 0.15) is 5.82 Å². The van der Waals surface area contributed by atoms with Crippen LogP contribution in [-0.4, -0.2) is 21.9 Å². The largest absolute Gasteiger partial charge is 0.348 e. The van der Waals surface area contributed by atoms with Crippen LogP contribution in [-0.2, 0) is 13.1 Å². The minimum atomic E-state index is -0.345. The lowest BCUT2D eigenvalue weighted by Gasteiger charge is -2.26. The topological polar surface area (TPSA) is 58.1 Å². The molecule has 3 aromatic rings. The molecule has 1 amide bonds. The quantitative estimate of drug-likeness (QED) is 0.676. The molecule has 0 spiro atoms. The zero-order valence-electron chi connectivity index (χ0n) is 16.0. The van der Waals surface area contributed by atoms with Crippen molar-refractivity contribution in [1.29, 1.82) is 0 Å². The average Bonchev–Trinajstić information content (AvgIpc) is 2.72. The number of halogens is 1. The summed E-state index contributed by atoms with van der Waals surface area (Å²) in [6.45, 7) is 4.93. The molecule has 2 aromatic carbocycles. The first-order valence-electron chi connectivity index (χ1n) is 9.19. The van der Waals surface area contributed by atoms with Gasteiger partial charge in [-0.05, 0) is 25.5 Å². The van der Waals surface area contributed by atoms with Crippen molar-refractivity contribution in [1.82, 2.24) is 15.3 Å². The smallest absolute Gasteiger partial charge is 0.254 e. The van der Waals surface area contributed by atoms with E-state index in [1.54, 1.807) is 18.2 Å². The molecule has 144 valence electrons. The van der Waals surface area contributed by atoms with Crippen molar-refractivity contribution in [3.05, 3.63) is 89.5 Å². The number of carbonyl (C=O) groups is 1. The second kappa shape index (κ2) is 9.08. The van der Waals surface area contributed by atoms with Gasteiger partial charge in [0.2, 0.25) is 5.95 Å². The molecule has 1 N–H and O–H groups in total. The first-order chi connectivity index (χ1) is 13.5. The zero-order chi connectivity index (χ0) is 19.9. The van der Waals surface area contributed by atoms with Gasteiger partial charge in [0.15, 0.2) is 0 Å². The predicted octanol–water partition coefficient (Wildman–Crippen LogP) is 3.96. The number of anilines is 1. The van der Waals surface area contributed by atoms with E-state index in [4.69, 9.17) is 0 Å². The number of hydrogen-bond donors (Lipinski definition) is 1. The molecule has 0 saturated heterocycles. The van der Waals surface area contributed by atoms with E-state index in [1.807, 2.05) is 18.2 Å². The number of nitrogens with zero attached hydrogens (tertiary/aromatic N) is 3. The maximum absolute atomic E-state index is 13.7. The van der Waals surface area contributed by atoms with Crippen molar-refractivity contribution in [3.63, 3.8) is 0 Å². The number of aromatic nitrogens is 2. The number of rotatable bonds is 7. The fourth-order valence-corrected chi connectivity index (χ4v) is 2.77. The molecule has 0 radical (unpaired) electrons. The highest BCUT2D eigenvalue weighted by atomic mass is 19.1. The van der Waals surface area contributed by atoms with Crippen molar-refractivity contribution in [3.8, 4) is 0 Å². The molecule has 0 fully saturated rings. The summed E-state index contributed by atoms with van der Waals surface area (Å²) in [6.07, 6.45) is 3.00. The second-order valence-electron chi connectivity index (χ2n) is 6.75. The van der Waals surface area contributed by atoms with Crippen LogP contribution in [0.2, 0.25) is 0 Å². The van der Waals surface area contributed by atoms with E-state index in [-0.39, 0.29) is 24.3 Å². The molecule has 0 aliphatic carbocycles. The van der Waals surface area contributed by atoms with Crippen LogP contribution in [0, 0.1) is 5.82 Å². The van der Waals surface area contributed by atoms with Gasteiger partial charge in [-0.25, -0.2) is 14.4 Å². The van der Waals surface area contributed by atoms with E-state index in [9.17, 15) is 9.18 Å². The molecule has 1 heterocycles. The zero-order valence-corrected chi connectivity index (χ0v) is 16.0. The summed E-state index contributed by atoms with van der Waals surface area (Å²) in [5.74, 6) is -0.124. The van der Waals surface area contributed by atoms with Crippen LogP contribution in [0.5, 0.6) is 0 Å². The Morgan fingerprint density at radius 1 is 1.04 bits per heavy atom. The number of nitrogens with one attached hydrogen (secondary N) is 1. The minimum absolute atomic E-state index is 0.111. The van der Waals surface area contributed by atoms with Gasteiger partial charge in [-0.2, -0.15) is 0 Å². The van der Waals surface area contributed by atoms with Crippen LogP contribution in [0.3, 0.4) is 0 Å². The van der Waals surface area contributed by atoms with Crippen molar-refractivity contribution in [2.24, 2.45) is 0 Å². The summed E-state index contributed by atoms with van der Waals surface area (Å²) in [5.41, 5.74) is 1.93. The molecule has 1 aromatic heterocycles. The third-order valence-electron chi connectivity index (χ3n) is 4.37. The molecular formula is C22H23FN4O. The monoisotopic (exact) mass is 378 g/mol. The molecular weight excluding hydrogens is 355 g/mol. The SMILES string of the molecule is CC(C)N(Cc1ccccc1)c1ncc(C(=O)NCc2ccccc2F)cn1. The van der Waals surface area contributed by atoms with Gasteiger partial charge in [0, 0.05) is 37.1 Å². The lowest BCUT2D eigenvalue weighted by molar-refractivity contribution is 0.0950. The van der Waals surface area contributed by atoms with Crippen LogP contribution in [0.4, 0.5) is 10.3 Å². The molecule has 0 aliphatic rings. The van der Waals surface area contributed by atoms with Gasteiger partial charge in [-0.3, -0.25) is 4.79 Å². The van der Waals surface area contributed by atoms with Crippen LogP contribution < -0.4 is 10.2 Å². The van der Waals surface area contributed by atoms with Crippen LogP contribution in [0.1, 0.15) is 35.3 Å². The third kappa shape index (κ3) is 4.91. The van der Waals surface area contributed by atoms with Crippen LogP contribution >= 0.6 is 0 Å². The van der Waals surface area contributed by atoms with Crippen LogP contribution in [0.25, 0.3) is 0 Å². The summed E-state index contributed by atoms with van der Waals surface area (Å²) in [7, 11) is 0. The van der Waals surface area contributed by atoms with Crippen molar-refractivity contribution < 1.29 is 9.18 Å². The molecule has 6 heteroatoms. The van der Waals surface area contributed by atoms with Crippen molar-refractivity contribution >= 4 is 11.9 Å². The summed E-state index contributed by atoms with van der Waals surface area (Å²) in [6, 6.07) is 16.6. The van der Waals surface area contributed by atoms with E-state index in [0.29, 0.717) is 23.6 Å². The van der Waals surface area contributed by atoms with Gasteiger partial charge >= 0.3 is 0 Å². The van der Waals surface area contributed by atoms with E-state index in [2.05, 4.69) is 46.2 Å². The number of hydrogen-bond acceptors (Lipinski definition) is 4. The van der Waals surface area contributed by atoms with E-state index >= 15 is 0 Å². The Morgan fingerprint density at radius 3 is 2.32 bits per heavy atom. The predicted molar refractivity (Wildman–Crippen MR) is 107 cm³/mol. The molecule has 3 rings (SSSR count). The van der Waals surface area contributed by atoms with E-state index < -0.39 is 0 Å². The van der Waals surface area contributed by atoms with Gasteiger partial charge in [0.05, 0.1) is 5.56 Å². The average molecular weight is 378 g/mol. The standard InChI is InChI=1S/C22H23FN4O/c1-16(2)27(15-17-8-4-3-5-9-17)22-25-13-19(14-26-22)21(28)24-12-18-10-6-7-11-20(18)23/h3-11,13-14,16H,12,15H2,1-2H3,(H,24,28). The molecule has 28 heavy (non-hydrogen) atoms. The fraction of sp³-hybridized carbons (Fsp3) is 0.227. The summed E-state index contributed by atoms with van der Waals surface area (Å²) in [4.78, 5) is 23.1. The lowest BCUT2D eigenvalue weighted by atomic mass is 10.2. The maximum Gasteiger partial charge on any atom is 0.254 e. The highest BCUT2D eigenvalue weighted by Gasteiger charge is 2.15. The number of carbonyl (C=O) groups excluding carboxylic acids is 1. The lowest BCUT2D eigenvalue weighted by Crippen LogP contribution is -2.32. The molecule has 0 unspecified atom stereocenters. The summed E-state index contributed by atoms with van der Waals surface area (Å²) >= 11 is 0. The van der Waals surface area contributed by atoms with E-state index in [1.165, 1.54) is 18.5 Å². The highest BCUT2D eigenvalue weighted by molar-refractivity contribution is 5.93. The molecule has 0 atom stereocenters. The normalized spacial score (nSPS) is 10.7. The Labute approximate surface area is 164 Å². The van der Waals surface area contributed by atoms with Crippen molar-refractivity contribution in [2.45, 2.75) is 33.0 Å². The number of benzene rings is 2. The minimum Gasteiger partial charge on any atom is -0.348 e. The van der Waals surface area contributed by atoms with Gasteiger partial charge in [-0.1, -0.05) is 48.5 Å². The molecule has 0 aliphatic heterocycles. The Kier molecular flexibility index (Phi) is 6.32. The molecule has 0 saturated carbocycles. The maximum atomic E-state index is 13.7. The highest BCUT2D eigenvalue weighted by Crippen LogP contribution is 2.15. The van der Waals surface area contributed by atoms with Gasteiger partial charge in [-0.15, -0.1) is 0 Å². The molecule has 0 bridgehead atoms. The Hall–Kier alpha value is -3.28. The van der Waals surface area contributed by atoms with Crippen molar-refractivity contribution in [2.75, 3.05) is 4.90 Å². The van der Waals surface area contributed by atoms with E-state index in [0.717, 1.165) is 5.56 Å². The first kappa shape index (κ1) is 19.5. The first-order valence-corrected chi connectivity index (χ1v) is 9.19. The van der Waals surface area contributed by atoms with Crippen LogP contribution in [0.15, 0.2) is 67.0 Å². The summed E-state index contributed by atoms with van der Waals surface area (Å²) in [5, 5.41) is 2.69. The Bertz CT molecular complexity index is 913.